The van der Waals surface area contributed by atoms with E-state index in [0.717, 1.165) is 11.3 Å². The molecular formula is C21H23N3O4. The van der Waals surface area contributed by atoms with Crippen LogP contribution >= 0.6 is 0 Å². The average molecular weight is 381 g/mol. The third kappa shape index (κ3) is 6.32. The van der Waals surface area contributed by atoms with Gasteiger partial charge in [-0.05, 0) is 50.6 Å². The minimum absolute atomic E-state index is 0.0461. The Morgan fingerprint density at radius 2 is 1.79 bits per heavy atom. The van der Waals surface area contributed by atoms with Crippen LogP contribution in [0.3, 0.4) is 0 Å². The van der Waals surface area contributed by atoms with Crippen molar-refractivity contribution < 1.29 is 14.5 Å². The van der Waals surface area contributed by atoms with E-state index in [2.05, 4.69) is 11.2 Å². The maximum atomic E-state index is 11.8. The van der Waals surface area contributed by atoms with Gasteiger partial charge in [0.05, 0.1) is 11.5 Å². The van der Waals surface area contributed by atoms with Gasteiger partial charge in [-0.15, -0.1) is 6.42 Å². The molecule has 2 aromatic carbocycles. The van der Waals surface area contributed by atoms with Crippen molar-refractivity contribution in [2.24, 2.45) is 0 Å². The van der Waals surface area contributed by atoms with Crippen molar-refractivity contribution in [3.05, 3.63) is 64.2 Å². The van der Waals surface area contributed by atoms with E-state index in [0.29, 0.717) is 18.8 Å². The summed E-state index contributed by atoms with van der Waals surface area (Å²) in [5.74, 6) is 2.62. The molecule has 1 amide bonds. The summed E-state index contributed by atoms with van der Waals surface area (Å²) in [6.45, 7) is 6.26. The van der Waals surface area contributed by atoms with Crippen molar-refractivity contribution in [1.82, 2.24) is 0 Å². The van der Waals surface area contributed by atoms with Crippen LogP contribution in [0.2, 0.25) is 0 Å². The lowest BCUT2D eigenvalue weighted by Gasteiger charge is -2.23. The first-order valence-corrected chi connectivity index (χ1v) is 8.70. The molecule has 7 heteroatoms. The topological polar surface area (TPSA) is 84.7 Å². The van der Waals surface area contributed by atoms with Crippen LogP contribution in [0, 0.1) is 22.5 Å². The highest BCUT2D eigenvalue weighted by Gasteiger charge is 2.16. The van der Waals surface area contributed by atoms with E-state index in [1.54, 1.807) is 45.0 Å². The van der Waals surface area contributed by atoms with E-state index in [1.807, 2.05) is 17.0 Å². The number of nitro benzene ring substituents is 1. The number of hydrogen-bond donors (Lipinski definition) is 1. The number of hydrogen-bond acceptors (Lipinski definition) is 5. The maximum absolute atomic E-state index is 11.8. The number of anilines is 2. The fourth-order valence-corrected chi connectivity index (χ4v) is 2.47. The molecule has 0 unspecified atom stereocenters. The molecular weight excluding hydrogens is 358 g/mol. The van der Waals surface area contributed by atoms with Crippen LogP contribution in [0.1, 0.15) is 26.3 Å². The Morgan fingerprint density at radius 1 is 1.18 bits per heavy atom. The molecule has 0 radical (unpaired) electrons. The van der Waals surface area contributed by atoms with E-state index in [9.17, 15) is 14.9 Å². The third-order valence-electron chi connectivity index (χ3n) is 3.68. The number of carbonyl (C=O) groups excluding carboxylic acids is 1. The van der Waals surface area contributed by atoms with Crippen LogP contribution < -0.4 is 10.2 Å². The standard InChI is InChI=1S/C21H23N3O4/c1-5-14-23(15-16-6-10-19(11-7-16)24(26)27)18-12-8-17(9-13-18)22-20(25)28-21(2,3)4/h1,6-13H,14-15H2,2-4H3,(H,22,25). The Bertz CT molecular complexity index is 863. The molecule has 0 aliphatic heterocycles. The van der Waals surface area contributed by atoms with Crippen LogP contribution in [0.5, 0.6) is 0 Å². The predicted molar refractivity (Wildman–Crippen MR) is 109 cm³/mol. The number of rotatable bonds is 6. The third-order valence-corrected chi connectivity index (χ3v) is 3.68. The van der Waals surface area contributed by atoms with Gasteiger partial charge in [0.25, 0.3) is 5.69 Å². The predicted octanol–water partition coefficient (Wildman–Crippen LogP) is 4.58. The number of ether oxygens (including phenoxy) is 1. The largest absolute Gasteiger partial charge is 0.444 e. The van der Waals surface area contributed by atoms with Gasteiger partial charge in [0.1, 0.15) is 5.60 Å². The highest BCUT2D eigenvalue weighted by atomic mass is 16.6. The lowest BCUT2D eigenvalue weighted by Crippen LogP contribution is -2.27. The highest BCUT2D eigenvalue weighted by Crippen LogP contribution is 2.21. The first kappa shape index (κ1) is 20.8. The van der Waals surface area contributed by atoms with Crippen LogP contribution in [0.25, 0.3) is 0 Å². The molecule has 2 aromatic rings. The van der Waals surface area contributed by atoms with E-state index < -0.39 is 16.6 Å². The molecule has 28 heavy (non-hydrogen) atoms. The van der Waals surface area contributed by atoms with E-state index in [-0.39, 0.29) is 5.69 Å². The monoisotopic (exact) mass is 381 g/mol. The first-order chi connectivity index (χ1) is 13.2. The van der Waals surface area contributed by atoms with Crippen LogP contribution in [-0.4, -0.2) is 23.2 Å². The highest BCUT2D eigenvalue weighted by molar-refractivity contribution is 5.85. The van der Waals surface area contributed by atoms with Gasteiger partial charge < -0.3 is 9.64 Å². The number of benzene rings is 2. The fourth-order valence-electron chi connectivity index (χ4n) is 2.47. The molecule has 0 saturated carbocycles. The Morgan fingerprint density at radius 3 is 2.29 bits per heavy atom. The maximum Gasteiger partial charge on any atom is 0.412 e. The zero-order valence-corrected chi connectivity index (χ0v) is 16.1. The number of amides is 1. The summed E-state index contributed by atoms with van der Waals surface area (Å²) >= 11 is 0. The summed E-state index contributed by atoms with van der Waals surface area (Å²) in [7, 11) is 0. The molecule has 0 saturated heterocycles. The van der Waals surface area contributed by atoms with Crippen molar-refractivity contribution in [3.63, 3.8) is 0 Å². The summed E-state index contributed by atoms with van der Waals surface area (Å²) in [5.41, 5.74) is 1.85. The minimum atomic E-state index is -0.571. The van der Waals surface area contributed by atoms with Gasteiger partial charge in [-0.3, -0.25) is 15.4 Å². The first-order valence-electron chi connectivity index (χ1n) is 8.70. The van der Waals surface area contributed by atoms with Gasteiger partial charge in [0.2, 0.25) is 0 Å². The molecule has 0 fully saturated rings. The van der Waals surface area contributed by atoms with Crippen molar-refractivity contribution in [2.75, 3.05) is 16.8 Å². The summed E-state index contributed by atoms with van der Waals surface area (Å²) in [4.78, 5) is 24.1. The number of nitrogens with one attached hydrogen (secondary N) is 1. The molecule has 0 aliphatic carbocycles. The Balaban J connectivity index is 2.08. The molecule has 1 N–H and O–H groups in total. The van der Waals surface area contributed by atoms with Gasteiger partial charge in [-0.2, -0.15) is 0 Å². The zero-order valence-electron chi connectivity index (χ0n) is 16.1. The minimum Gasteiger partial charge on any atom is -0.444 e. The molecule has 2 rings (SSSR count). The molecule has 146 valence electrons. The Labute approximate surface area is 164 Å². The molecule has 0 heterocycles. The zero-order chi connectivity index (χ0) is 20.7. The van der Waals surface area contributed by atoms with Gasteiger partial charge in [0, 0.05) is 30.1 Å². The molecule has 0 spiro atoms. The van der Waals surface area contributed by atoms with Crippen LogP contribution in [-0.2, 0) is 11.3 Å². The average Bonchev–Trinajstić information content (AvgIpc) is 2.61. The second kappa shape index (κ2) is 8.91. The van der Waals surface area contributed by atoms with Gasteiger partial charge in [-0.25, -0.2) is 4.79 Å². The number of terminal acetylenes is 1. The van der Waals surface area contributed by atoms with E-state index in [4.69, 9.17) is 11.2 Å². The normalized spacial score (nSPS) is 10.6. The molecule has 0 bridgehead atoms. The molecule has 0 aliphatic rings. The Kier molecular flexibility index (Phi) is 6.61. The second-order valence-corrected chi connectivity index (χ2v) is 7.16. The number of carbonyl (C=O) groups is 1. The smallest absolute Gasteiger partial charge is 0.412 e. The quantitative estimate of drug-likeness (QED) is 0.450. The molecule has 0 aromatic heterocycles. The lowest BCUT2D eigenvalue weighted by atomic mass is 10.1. The van der Waals surface area contributed by atoms with Gasteiger partial charge in [0.15, 0.2) is 0 Å². The molecule has 7 nitrogen and oxygen atoms in total. The SMILES string of the molecule is C#CCN(Cc1ccc([N+](=O)[O-])cc1)c1ccc(NC(=O)OC(C)(C)C)cc1. The van der Waals surface area contributed by atoms with Crippen molar-refractivity contribution in [2.45, 2.75) is 32.9 Å². The summed E-state index contributed by atoms with van der Waals surface area (Å²) in [5, 5.41) is 13.5. The van der Waals surface area contributed by atoms with E-state index in [1.165, 1.54) is 12.1 Å². The van der Waals surface area contributed by atoms with Crippen molar-refractivity contribution >= 4 is 23.2 Å². The van der Waals surface area contributed by atoms with Gasteiger partial charge in [-0.1, -0.05) is 18.1 Å². The van der Waals surface area contributed by atoms with Gasteiger partial charge >= 0.3 is 6.09 Å². The van der Waals surface area contributed by atoms with E-state index >= 15 is 0 Å². The summed E-state index contributed by atoms with van der Waals surface area (Å²) < 4.78 is 5.23. The van der Waals surface area contributed by atoms with Crippen molar-refractivity contribution in [1.29, 1.82) is 0 Å². The number of non-ortho nitro benzene ring substituents is 1. The second-order valence-electron chi connectivity index (χ2n) is 7.16. The van der Waals surface area contributed by atoms with Crippen LogP contribution in [0.4, 0.5) is 21.9 Å². The number of nitrogens with zero attached hydrogens (tertiary/aromatic N) is 2. The molecule has 0 atom stereocenters. The Hall–Kier alpha value is -3.53. The van der Waals surface area contributed by atoms with Crippen molar-refractivity contribution in [3.8, 4) is 12.3 Å². The summed E-state index contributed by atoms with van der Waals surface area (Å²) in [6.07, 6.45) is 4.96. The summed E-state index contributed by atoms with van der Waals surface area (Å²) in [6, 6.07) is 13.6. The number of nitro groups is 1. The fraction of sp³-hybridized carbons (Fsp3) is 0.286. The van der Waals surface area contributed by atoms with Crippen LogP contribution in [0.15, 0.2) is 48.5 Å². The lowest BCUT2D eigenvalue weighted by molar-refractivity contribution is -0.384.